The van der Waals surface area contributed by atoms with E-state index in [0.29, 0.717) is 11.8 Å². The van der Waals surface area contributed by atoms with Crippen molar-refractivity contribution >= 4 is 11.0 Å². The molecule has 0 unspecified atom stereocenters. The molecule has 0 saturated carbocycles. The molecular formula is C36H40N3+. The molecule has 0 fully saturated rings. The minimum absolute atomic E-state index is 0.159. The predicted octanol–water partition coefficient (Wildman–Crippen LogP) is 8.69. The fourth-order valence-corrected chi connectivity index (χ4v) is 6.68. The van der Waals surface area contributed by atoms with Gasteiger partial charge in [0.2, 0.25) is 0 Å². The van der Waals surface area contributed by atoms with Crippen molar-refractivity contribution in [3.63, 3.8) is 0 Å². The molecule has 0 radical (unpaired) electrons. The molecule has 0 bridgehead atoms. The number of pyridine rings is 1. The number of hydrogen-bond acceptors (Lipinski definition) is 1. The van der Waals surface area contributed by atoms with Crippen LogP contribution in [0.15, 0.2) is 66.7 Å². The van der Waals surface area contributed by atoms with Crippen molar-refractivity contribution in [2.24, 2.45) is 7.05 Å². The summed E-state index contributed by atoms with van der Waals surface area (Å²) in [4.78, 5) is 5.02. The van der Waals surface area contributed by atoms with E-state index in [1.54, 1.807) is 0 Å². The SMILES string of the molecule is Cc1ccc2c(n1)C(C)(C)c1cc(-c3n(-c4c(C(C)C)cccc4C(C)C)c4ccccc4[n+]3C)c(C)cc1-2. The van der Waals surface area contributed by atoms with E-state index in [1.807, 2.05) is 0 Å². The van der Waals surface area contributed by atoms with Crippen molar-refractivity contribution in [2.45, 2.75) is 72.6 Å². The summed E-state index contributed by atoms with van der Waals surface area (Å²) in [5, 5.41) is 0. The standard InChI is InChI=1S/C36H40N3/c1-21(2)25-13-12-14-26(22(3)4)33(25)39-32-16-11-10-15-31(32)38(9)35(39)28-20-30-29(19-23(28)5)27-18-17-24(6)37-34(27)36(30,7)8/h10-22H,1-9H3/q+1. The Morgan fingerprint density at radius 1 is 0.769 bits per heavy atom. The van der Waals surface area contributed by atoms with Crippen LogP contribution in [0.5, 0.6) is 0 Å². The average molecular weight is 515 g/mol. The van der Waals surface area contributed by atoms with Gasteiger partial charge in [-0.1, -0.05) is 84.0 Å². The van der Waals surface area contributed by atoms with Crippen molar-refractivity contribution in [2.75, 3.05) is 0 Å². The topological polar surface area (TPSA) is 21.7 Å². The minimum atomic E-state index is -0.159. The van der Waals surface area contributed by atoms with Gasteiger partial charge in [0.05, 0.1) is 18.3 Å². The number of para-hydroxylation sites is 3. The zero-order valence-electron chi connectivity index (χ0n) is 24.8. The van der Waals surface area contributed by atoms with Crippen molar-refractivity contribution in [1.82, 2.24) is 9.55 Å². The van der Waals surface area contributed by atoms with Gasteiger partial charge < -0.3 is 0 Å². The molecular weight excluding hydrogens is 474 g/mol. The fraction of sp³-hybridized carbons (Fsp3) is 0.333. The summed E-state index contributed by atoms with van der Waals surface area (Å²) < 4.78 is 4.94. The molecule has 198 valence electrons. The van der Waals surface area contributed by atoms with Gasteiger partial charge >= 0.3 is 0 Å². The largest absolute Gasteiger partial charge is 0.295 e. The lowest BCUT2D eigenvalue weighted by molar-refractivity contribution is -0.633. The lowest BCUT2D eigenvalue weighted by Gasteiger charge is -2.22. The first kappa shape index (κ1) is 25.6. The summed E-state index contributed by atoms with van der Waals surface area (Å²) in [6.45, 7) is 18.2. The van der Waals surface area contributed by atoms with Crippen LogP contribution >= 0.6 is 0 Å². The highest BCUT2D eigenvalue weighted by Gasteiger charge is 2.39. The van der Waals surface area contributed by atoms with Crippen LogP contribution in [0.2, 0.25) is 0 Å². The van der Waals surface area contributed by atoms with Crippen LogP contribution in [0.4, 0.5) is 0 Å². The van der Waals surface area contributed by atoms with E-state index in [9.17, 15) is 0 Å². The summed E-state index contributed by atoms with van der Waals surface area (Å²) in [5.41, 5.74) is 15.2. The minimum Gasteiger partial charge on any atom is -0.257 e. The Hall–Kier alpha value is -3.72. The van der Waals surface area contributed by atoms with Crippen LogP contribution in [0.25, 0.3) is 39.2 Å². The van der Waals surface area contributed by atoms with Gasteiger partial charge in [0.1, 0.15) is 5.69 Å². The third kappa shape index (κ3) is 3.70. The molecule has 0 amide bonds. The van der Waals surface area contributed by atoms with E-state index >= 15 is 0 Å². The van der Waals surface area contributed by atoms with E-state index in [-0.39, 0.29) is 5.41 Å². The molecule has 3 aromatic carbocycles. The first-order valence-electron chi connectivity index (χ1n) is 14.3. The lowest BCUT2D eigenvalue weighted by Crippen LogP contribution is -2.31. The summed E-state index contributed by atoms with van der Waals surface area (Å²) in [6.07, 6.45) is 0. The number of aryl methyl sites for hydroxylation is 3. The molecule has 6 rings (SSSR count). The normalized spacial score (nSPS) is 13.9. The third-order valence-corrected chi connectivity index (χ3v) is 8.77. The quantitative estimate of drug-likeness (QED) is 0.220. The maximum absolute atomic E-state index is 5.02. The van der Waals surface area contributed by atoms with Crippen LogP contribution in [0.3, 0.4) is 0 Å². The maximum Gasteiger partial charge on any atom is 0.295 e. The van der Waals surface area contributed by atoms with E-state index in [1.165, 1.54) is 67.2 Å². The zero-order chi connectivity index (χ0) is 27.8. The molecule has 0 spiro atoms. The molecule has 39 heavy (non-hydrogen) atoms. The Labute approximate surface area is 233 Å². The Balaban J connectivity index is 1.73. The fourth-order valence-electron chi connectivity index (χ4n) is 6.68. The van der Waals surface area contributed by atoms with Gasteiger partial charge in [-0.2, -0.15) is 4.57 Å². The predicted molar refractivity (Wildman–Crippen MR) is 163 cm³/mol. The van der Waals surface area contributed by atoms with Gasteiger partial charge in [0.25, 0.3) is 5.82 Å². The van der Waals surface area contributed by atoms with E-state index in [0.717, 1.165) is 5.69 Å². The zero-order valence-corrected chi connectivity index (χ0v) is 24.8. The van der Waals surface area contributed by atoms with Crippen LogP contribution in [0.1, 0.15) is 87.0 Å². The molecule has 1 aliphatic rings. The number of hydrogen-bond donors (Lipinski definition) is 0. The summed E-state index contributed by atoms with van der Waals surface area (Å²) >= 11 is 0. The average Bonchev–Trinajstić information content (AvgIpc) is 3.30. The van der Waals surface area contributed by atoms with Crippen molar-refractivity contribution in [3.05, 3.63) is 100 Å². The smallest absolute Gasteiger partial charge is 0.257 e. The molecule has 1 aliphatic carbocycles. The van der Waals surface area contributed by atoms with Gasteiger partial charge in [-0.25, -0.2) is 4.57 Å². The number of nitrogens with zero attached hydrogens (tertiary/aromatic N) is 3. The van der Waals surface area contributed by atoms with Crippen molar-refractivity contribution in [3.8, 4) is 28.2 Å². The van der Waals surface area contributed by atoms with E-state index in [2.05, 4.69) is 138 Å². The molecule has 0 saturated heterocycles. The number of aromatic nitrogens is 3. The van der Waals surface area contributed by atoms with Crippen molar-refractivity contribution in [1.29, 1.82) is 0 Å². The van der Waals surface area contributed by atoms with Gasteiger partial charge in [0, 0.05) is 27.8 Å². The van der Waals surface area contributed by atoms with Gasteiger partial charge in [-0.15, -0.1) is 0 Å². The Morgan fingerprint density at radius 2 is 1.44 bits per heavy atom. The molecule has 5 aromatic rings. The molecule has 2 heterocycles. The molecule has 3 heteroatoms. The van der Waals surface area contributed by atoms with Crippen LogP contribution in [0, 0.1) is 13.8 Å². The monoisotopic (exact) mass is 514 g/mol. The van der Waals surface area contributed by atoms with Gasteiger partial charge in [-0.3, -0.25) is 4.98 Å². The highest BCUT2D eigenvalue weighted by Crippen LogP contribution is 2.50. The number of imidazole rings is 1. The van der Waals surface area contributed by atoms with Crippen LogP contribution < -0.4 is 4.57 Å². The number of benzene rings is 3. The van der Waals surface area contributed by atoms with Gasteiger partial charge in [-0.05, 0) is 66.6 Å². The lowest BCUT2D eigenvalue weighted by atomic mass is 9.83. The summed E-state index contributed by atoms with van der Waals surface area (Å²) in [5.74, 6) is 2.03. The molecule has 2 aromatic heterocycles. The highest BCUT2D eigenvalue weighted by atomic mass is 15.2. The van der Waals surface area contributed by atoms with E-state index in [4.69, 9.17) is 4.98 Å². The highest BCUT2D eigenvalue weighted by molar-refractivity contribution is 5.85. The molecule has 0 N–H and O–H groups in total. The second-order valence-electron chi connectivity index (χ2n) is 12.5. The van der Waals surface area contributed by atoms with Crippen LogP contribution in [-0.2, 0) is 12.5 Å². The second kappa shape index (κ2) is 8.91. The van der Waals surface area contributed by atoms with E-state index < -0.39 is 0 Å². The summed E-state index contributed by atoms with van der Waals surface area (Å²) in [7, 11) is 2.22. The Kier molecular flexibility index (Phi) is 5.84. The molecule has 3 nitrogen and oxygen atoms in total. The second-order valence-corrected chi connectivity index (χ2v) is 12.5. The first-order chi connectivity index (χ1) is 18.5. The Bertz CT molecular complexity index is 1740. The number of rotatable bonds is 4. The maximum atomic E-state index is 5.02. The molecule has 0 aliphatic heterocycles. The van der Waals surface area contributed by atoms with Gasteiger partial charge in [0.15, 0.2) is 11.0 Å². The molecule has 0 atom stereocenters. The third-order valence-electron chi connectivity index (χ3n) is 8.77. The van der Waals surface area contributed by atoms with Crippen molar-refractivity contribution < 1.29 is 4.57 Å². The summed E-state index contributed by atoms with van der Waals surface area (Å²) in [6, 6.07) is 24.9. The van der Waals surface area contributed by atoms with Crippen LogP contribution in [-0.4, -0.2) is 9.55 Å². The Morgan fingerprint density at radius 3 is 2.10 bits per heavy atom. The first-order valence-corrected chi connectivity index (χ1v) is 14.3. The number of fused-ring (bicyclic) bond motifs is 4.